The Bertz CT molecular complexity index is 345. The van der Waals surface area contributed by atoms with Gasteiger partial charge in [0, 0.05) is 38.8 Å². The molecule has 23 heavy (non-hydrogen) atoms. The third-order valence-corrected chi connectivity index (χ3v) is 4.05. The number of guanidine groups is 1. The van der Waals surface area contributed by atoms with E-state index >= 15 is 0 Å². The summed E-state index contributed by atoms with van der Waals surface area (Å²) in [7, 11) is 0. The maximum absolute atomic E-state index is 9.11. The topological polar surface area (TPSA) is 65.9 Å². The molecule has 3 atom stereocenters. The zero-order chi connectivity index (χ0) is 16.6. The molecule has 0 amide bonds. The number of ether oxygens (including phenoxy) is 1. The highest BCUT2D eigenvalue weighted by Gasteiger charge is 2.35. The van der Waals surface area contributed by atoms with Gasteiger partial charge in [-0.3, -0.25) is 4.99 Å². The van der Waals surface area contributed by atoms with E-state index in [1.54, 1.807) is 0 Å². The highest BCUT2D eigenvalue weighted by molar-refractivity contribution is 14.0. The third-order valence-electron chi connectivity index (χ3n) is 4.05. The van der Waals surface area contributed by atoms with E-state index < -0.39 is 0 Å². The Morgan fingerprint density at radius 2 is 2.04 bits per heavy atom. The number of halogens is 1. The van der Waals surface area contributed by atoms with Crippen LogP contribution in [0.1, 0.15) is 47.5 Å². The van der Waals surface area contributed by atoms with Gasteiger partial charge >= 0.3 is 0 Å². The van der Waals surface area contributed by atoms with E-state index in [9.17, 15) is 0 Å². The quantitative estimate of drug-likeness (QED) is 0.337. The second-order valence-corrected chi connectivity index (χ2v) is 7.45. The molecule has 0 aromatic rings. The zero-order valence-electron chi connectivity index (χ0n) is 15.4. The molecule has 0 aromatic heterocycles. The van der Waals surface area contributed by atoms with Crippen molar-refractivity contribution in [3.63, 3.8) is 0 Å². The van der Waals surface area contributed by atoms with Crippen molar-refractivity contribution in [3.8, 4) is 0 Å². The summed E-state index contributed by atoms with van der Waals surface area (Å²) in [5, 5.41) is 15.8. The molecule has 0 aromatic carbocycles. The minimum atomic E-state index is 0. The molecular formula is C17H36IN3O2. The van der Waals surface area contributed by atoms with Crippen molar-refractivity contribution in [1.82, 2.24) is 10.6 Å². The first kappa shape index (κ1) is 22.9. The first-order valence-corrected chi connectivity index (χ1v) is 8.63. The number of nitrogens with one attached hydrogen (secondary N) is 2. The van der Waals surface area contributed by atoms with Crippen molar-refractivity contribution in [2.75, 3.05) is 32.8 Å². The lowest BCUT2D eigenvalue weighted by molar-refractivity contribution is -0.0835. The molecule has 1 saturated heterocycles. The highest BCUT2D eigenvalue weighted by Crippen LogP contribution is 2.33. The van der Waals surface area contributed by atoms with Crippen LogP contribution in [-0.2, 0) is 4.74 Å². The molecule has 3 N–H and O–H groups in total. The summed E-state index contributed by atoms with van der Waals surface area (Å²) in [4.78, 5) is 4.55. The van der Waals surface area contributed by atoms with Crippen LogP contribution in [0.2, 0.25) is 0 Å². The van der Waals surface area contributed by atoms with Gasteiger partial charge in [0.1, 0.15) is 0 Å². The first-order chi connectivity index (χ1) is 10.4. The molecule has 138 valence electrons. The van der Waals surface area contributed by atoms with Crippen molar-refractivity contribution in [1.29, 1.82) is 0 Å². The molecule has 1 aliphatic heterocycles. The standard InChI is InChI=1S/C17H35N3O2.HI/c1-6-18-16(19-10-13(2)12-21)20-11-14-8-7-9-22-15(14)17(3,4)5;/h13-15,21H,6-12H2,1-5H3,(H2,18,19,20);1H. The third kappa shape index (κ3) is 8.54. The second-order valence-electron chi connectivity index (χ2n) is 7.45. The van der Waals surface area contributed by atoms with Gasteiger partial charge in [-0.05, 0) is 31.1 Å². The van der Waals surface area contributed by atoms with Crippen LogP contribution in [0, 0.1) is 17.3 Å². The van der Waals surface area contributed by atoms with Crippen molar-refractivity contribution < 1.29 is 9.84 Å². The number of rotatable bonds is 6. The number of hydrogen-bond donors (Lipinski definition) is 3. The molecule has 0 aliphatic carbocycles. The lowest BCUT2D eigenvalue weighted by Gasteiger charge is -2.40. The van der Waals surface area contributed by atoms with Crippen LogP contribution in [-0.4, -0.2) is 50.0 Å². The first-order valence-electron chi connectivity index (χ1n) is 8.63. The summed E-state index contributed by atoms with van der Waals surface area (Å²) in [6.45, 7) is 14.2. The van der Waals surface area contributed by atoms with E-state index in [4.69, 9.17) is 9.84 Å². The zero-order valence-corrected chi connectivity index (χ0v) is 17.7. The van der Waals surface area contributed by atoms with Crippen molar-refractivity contribution in [2.45, 2.75) is 53.6 Å². The Kier molecular flexibility index (Phi) is 11.4. The van der Waals surface area contributed by atoms with E-state index in [1.165, 1.54) is 6.42 Å². The van der Waals surface area contributed by atoms with Crippen LogP contribution in [0.5, 0.6) is 0 Å². The predicted octanol–water partition coefficient (Wildman–Crippen LogP) is 2.63. The Labute approximate surface area is 159 Å². The van der Waals surface area contributed by atoms with Crippen LogP contribution in [0.3, 0.4) is 0 Å². The number of aliphatic hydroxyl groups is 1. The number of aliphatic hydroxyl groups excluding tert-OH is 1. The van der Waals surface area contributed by atoms with Crippen LogP contribution in [0.4, 0.5) is 0 Å². The van der Waals surface area contributed by atoms with E-state index in [-0.39, 0.29) is 48.0 Å². The average molecular weight is 441 g/mol. The Hall–Kier alpha value is -0.0800. The SMILES string of the molecule is CCNC(=NCC(C)CO)NCC1CCCOC1C(C)(C)C.I. The van der Waals surface area contributed by atoms with Gasteiger partial charge in [-0.25, -0.2) is 0 Å². The molecule has 1 rings (SSSR count). The fraction of sp³-hybridized carbons (Fsp3) is 0.941. The Balaban J connectivity index is 0.00000484. The minimum absolute atomic E-state index is 0. The van der Waals surface area contributed by atoms with Crippen molar-refractivity contribution >= 4 is 29.9 Å². The molecule has 6 heteroatoms. The molecule has 1 fully saturated rings. The summed E-state index contributed by atoms with van der Waals surface area (Å²) < 4.78 is 6.03. The summed E-state index contributed by atoms with van der Waals surface area (Å²) >= 11 is 0. The van der Waals surface area contributed by atoms with Crippen LogP contribution in [0.15, 0.2) is 4.99 Å². The van der Waals surface area contributed by atoms with E-state index in [0.717, 1.165) is 32.1 Å². The lowest BCUT2D eigenvalue weighted by Crippen LogP contribution is -2.47. The normalized spacial score (nSPS) is 23.8. The molecule has 3 unspecified atom stereocenters. The highest BCUT2D eigenvalue weighted by atomic mass is 127. The Morgan fingerprint density at radius 3 is 2.61 bits per heavy atom. The van der Waals surface area contributed by atoms with Crippen LogP contribution >= 0.6 is 24.0 Å². The van der Waals surface area contributed by atoms with Crippen LogP contribution < -0.4 is 10.6 Å². The van der Waals surface area contributed by atoms with Gasteiger partial charge in [0.25, 0.3) is 0 Å². The molecule has 0 bridgehead atoms. The second kappa shape index (κ2) is 11.5. The number of aliphatic imine (C=N–C) groups is 1. The summed E-state index contributed by atoms with van der Waals surface area (Å²) in [5.41, 5.74) is 0.160. The predicted molar refractivity (Wildman–Crippen MR) is 108 cm³/mol. The molecule has 1 aliphatic rings. The fourth-order valence-electron chi connectivity index (χ4n) is 2.88. The number of hydrogen-bond acceptors (Lipinski definition) is 3. The minimum Gasteiger partial charge on any atom is -0.396 e. The van der Waals surface area contributed by atoms with Crippen LogP contribution in [0.25, 0.3) is 0 Å². The molecule has 0 saturated carbocycles. The summed E-state index contributed by atoms with van der Waals surface area (Å²) in [6.07, 6.45) is 2.61. The molecule has 0 radical (unpaired) electrons. The molecule has 5 nitrogen and oxygen atoms in total. The lowest BCUT2D eigenvalue weighted by atomic mass is 9.78. The smallest absolute Gasteiger partial charge is 0.191 e. The fourth-order valence-corrected chi connectivity index (χ4v) is 2.88. The summed E-state index contributed by atoms with van der Waals surface area (Å²) in [5.74, 6) is 1.53. The van der Waals surface area contributed by atoms with Gasteiger partial charge in [-0.15, -0.1) is 24.0 Å². The maximum Gasteiger partial charge on any atom is 0.191 e. The molecular weight excluding hydrogens is 405 g/mol. The van der Waals surface area contributed by atoms with E-state index in [2.05, 4.69) is 43.3 Å². The van der Waals surface area contributed by atoms with Gasteiger partial charge in [0.05, 0.1) is 6.10 Å². The van der Waals surface area contributed by atoms with E-state index in [1.807, 2.05) is 6.92 Å². The van der Waals surface area contributed by atoms with E-state index in [0.29, 0.717) is 12.5 Å². The van der Waals surface area contributed by atoms with Gasteiger partial charge < -0.3 is 20.5 Å². The average Bonchev–Trinajstić information content (AvgIpc) is 2.49. The summed E-state index contributed by atoms with van der Waals surface area (Å²) in [6, 6.07) is 0. The maximum atomic E-state index is 9.11. The van der Waals surface area contributed by atoms with Crippen molar-refractivity contribution in [2.24, 2.45) is 22.2 Å². The largest absolute Gasteiger partial charge is 0.396 e. The monoisotopic (exact) mass is 441 g/mol. The molecule has 0 spiro atoms. The number of nitrogens with zero attached hydrogens (tertiary/aromatic N) is 1. The Morgan fingerprint density at radius 1 is 1.35 bits per heavy atom. The molecule has 1 heterocycles. The van der Waals surface area contributed by atoms with Gasteiger partial charge in [-0.2, -0.15) is 0 Å². The van der Waals surface area contributed by atoms with Gasteiger partial charge in [-0.1, -0.05) is 27.7 Å². The van der Waals surface area contributed by atoms with Gasteiger partial charge in [0.2, 0.25) is 0 Å². The van der Waals surface area contributed by atoms with Crippen molar-refractivity contribution in [3.05, 3.63) is 0 Å². The van der Waals surface area contributed by atoms with Gasteiger partial charge in [0.15, 0.2) is 5.96 Å².